The van der Waals surface area contributed by atoms with Gasteiger partial charge < -0.3 is 4.90 Å². The lowest BCUT2D eigenvalue weighted by Gasteiger charge is -2.40. The average molecular weight is 271 g/mol. The number of aryl methyl sites for hydroxylation is 1. The third kappa shape index (κ3) is 2.41. The second kappa shape index (κ2) is 4.87. The number of nitrogens with zero attached hydrogens (tertiary/aromatic N) is 1. The van der Waals surface area contributed by atoms with Crippen LogP contribution in [-0.2, 0) is 18.3 Å². The van der Waals surface area contributed by atoms with Gasteiger partial charge in [0.05, 0.1) is 0 Å². The molecule has 2 aliphatic rings. The molecule has 1 aromatic rings. The van der Waals surface area contributed by atoms with Gasteiger partial charge in [0.1, 0.15) is 0 Å². The van der Waals surface area contributed by atoms with E-state index in [4.69, 9.17) is 0 Å². The lowest BCUT2D eigenvalue weighted by Crippen LogP contribution is -2.36. The zero-order chi connectivity index (χ0) is 14.5. The van der Waals surface area contributed by atoms with Gasteiger partial charge >= 0.3 is 0 Å². The summed E-state index contributed by atoms with van der Waals surface area (Å²) in [6.45, 7) is 7.02. The van der Waals surface area contributed by atoms with Crippen LogP contribution in [0.2, 0.25) is 0 Å². The Labute approximate surface area is 124 Å². The van der Waals surface area contributed by atoms with Crippen molar-refractivity contribution < 1.29 is 0 Å². The van der Waals surface area contributed by atoms with Crippen molar-refractivity contribution in [3.05, 3.63) is 34.4 Å². The summed E-state index contributed by atoms with van der Waals surface area (Å²) in [7, 11) is 4.49. The topological polar surface area (TPSA) is 3.24 Å². The predicted octanol–water partition coefficient (Wildman–Crippen LogP) is 4.28. The van der Waals surface area contributed by atoms with Crippen molar-refractivity contribution in [1.29, 1.82) is 0 Å². The van der Waals surface area contributed by atoms with E-state index in [1.54, 1.807) is 16.7 Å². The fraction of sp³-hybridized carbons (Fsp3) is 0.684. The smallest absolute Gasteiger partial charge is 0.0135 e. The zero-order valence-corrected chi connectivity index (χ0v) is 13.8. The Hall–Kier alpha value is -0.820. The van der Waals surface area contributed by atoms with Crippen LogP contribution >= 0.6 is 0 Å². The zero-order valence-electron chi connectivity index (χ0n) is 13.8. The van der Waals surface area contributed by atoms with E-state index >= 15 is 0 Å². The maximum absolute atomic E-state index is 2.52. The molecule has 1 aromatic carbocycles. The molecular formula is C19H29N. The molecule has 1 nitrogen and oxygen atoms in total. The van der Waals surface area contributed by atoms with Gasteiger partial charge in [-0.25, -0.2) is 0 Å². The highest BCUT2D eigenvalue weighted by Gasteiger charge is 2.33. The lowest BCUT2D eigenvalue weighted by atomic mass is 9.69. The first-order valence-corrected chi connectivity index (χ1v) is 8.19. The second-order valence-electron chi connectivity index (χ2n) is 8.10. The Kier molecular flexibility index (Phi) is 3.44. The number of likely N-dealkylation sites (N-methyl/N-ethyl adjacent to an activating group) is 1. The largest absolute Gasteiger partial charge is 0.306 e. The molecule has 0 aromatic heterocycles. The minimum Gasteiger partial charge on any atom is -0.306 e. The standard InChI is InChI=1S/C19H29N/c1-19(2,3)16-9-13-7-6-8-14-11-17(20(4)5)12-15(10-16)18(13)14/h9-10,14,17H,6-8,11-12H2,1-5H3. The first kappa shape index (κ1) is 14.1. The van der Waals surface area contributed by atoms with Crippen LogP contribution in [0.3, 0.4) is 0 Å². The van der Waals surface area contributed by atoms with Gasteiger partial charge in [-0.2, -0.15) is 0 Å². The van der Waals surface area contributed by atoms with Gasteiger partial charge in [-0.15, -0.1) is 0 Å². The molecule has 0 radical (unpaired) electrons. The summed E-state index contributed by atoms with van der Waals surface area (Å²) < 4.78 is 0. The molecule has 0 aliphatic heterocycles. The van der Waals surface area contributed by atoms with Gasteiger partial charge in [0.25, 0.3) is 0 Å². The van der Waals surface area contributed by atoms with Crippen molar-refractivity contribution in [2.24, 2.45) is 0 Å². The van der Waals surface area contributed by atoms with Crippen LogP contribution in [0.25, 0.3) is 0 Å². The van der Waals surface area contributed by atoms with E-state index in [-0.39, 0.29) is 5.41 Å². The molecule has 0 spiro atoms. The summed E-state index contributed by atoms with van der Waals surface area (Å²) in [6.07, 6.45) is 6.69. The van der Waals surface area contributed by atoms with E-state index in [2.05, 4.69) is 51.9 Å². The Morgan fingerprint density at radius 3 is 2.45 bits per heavy atom. The van der Waals surface area contributed by atoms with Crippen LogP contribution in [0.5, 0.6) is 0 Å². The van der Waals surface area contributed by atoms with E-state index in [1.165, 1.54) is 37.7 Å². The van der Waals surface area contributed by atoms with Gasteiger partial charge in [0.15, 0.2) is 0 Å². The summed E-state index contributed by atoms with van der Waals surface area (Å²) >= 11 is 0. The molecule has 2 atom stereocenters. The first-order chi connectivity index (χ1) is 9.36. The fourth-order valence-corrected chi connectivity index (χ4v) is 4.09. The molecule has 0 N–H and O–H groups in total. The van der Waals surface area contributed by atoms with Gasteiger partial charge in [0.2, 0.25) is 0 Å². The van der Waals surface area contributed by atoms with Crippen molar-refractivity contribution in [2.45, 2.75) is 70.3 Å². The number of benzene rings is 1. The first-order valence-electron chi connectivity index (χ1n) is 8.19. The highest BCUT2D eigenvalue weighted by atomic mass is 15.1. The average Bonchev–Trinajstić information content (AvgIpc) is 2.37. The predicted molar refractivity (Wildman–Crippen MR) is 86.6 cm³/mol. The molecule has 1 heteroatoms. The molecule has 3 rings (SSSR count). The Morgan fingerprint density at radius 2 is 1.80 bits per heavy atom. The van der Waals surface area contributed by atoms with Crippen molar-refractivity contribution in [1.82, 2.24) is 4.90 Å². The van der Waals surface area contributed by atoms with Crippen LogP contribution < -0.4 is 0 Å². The second-order valence-corrected chi connectivity index (χ2v) is 8.10. The monoisotopic (exact) mass is 271 g/mol. The summed E-state index contributed by atoms with van der Waals surface area (Å²) in [4.78, 5) is 2.43. The maximum Gasteiger partial charge on any atom is 0.0135 e. The Balaban J connectivity index is 2.09. The highest BCUT2D eigenvalue weighted by molar-refractivity contribution is 5.47. The Morgan fingerprint density at radius 1 is 1.10 bits per heavy atom. The quantitative estimate of drug-likeness (QED) is 0.737. The molecule has 110 valence electrons. The summed E-state index contributed by atoms with van der Waals surface area (Å²) in [5.74, 6) is 0.823. The molecule has 0 bridgehead atoms. The normalized spacial score (nSPS) is 25.7. The number of hydrogen-bond acceptors (Lipinski definition) is 1. The summed E-state index contributed by atoms with van der Waals surface area (Å²) in [5, 5.41) is 0. The van der Waals surface area contributed by atoms with Gasteiger partial charge in [-0.05, 0) is 79.8 Å². The Bertz CT molecular complexity index is 507. The SMILES string of the molecule is CN(C)C1Cc2cc(C(C)(C)C)cc3c2C(CCC3)C1. The third-order valence-electron chi connectivity index (χ3n) is 5.37. The van der Waals surface area contributed by atoms with Gasteiger partial charge in [-0.3, -0.25) is 0 Å². The maximum atomic E-state index is 2.52. The molecular weight excluding hydrogens is 242 g/mol. The van der Waals surface area contributed by atoms with Crippen LogP contribution in [0.1, 0.15) is 68.2 Å². The van der Waals surface area contributed by atoms with Crippen LogP contribution in [0.15, 0.2) is 12.1 Å². The van der Waals surface area contributed by atoms with Gasteiger partial charge in [-0.1, -0.05) is 32.9 Å². The number of hydrogen-bond donors (Lipinski definition) is 0. The van der Waals surface area contributed by atoms with E-state index in [9.17, 15) is 0 Å². The molecule has 0 heterocycles. The third-order valence-corrected chi connectivity index (χ3v) is 5.37. The fourth-order valence-electron chi connectivity index (χ4n) is 4.09. The molecule has 0 saturated carbocycles. The molecule has 0 fully saturated rings. The molecule has 0 saturated heterocycles. The van der Waals surface area contributed by atoms with E-state index in [0.29, 0.717) is 0 Å². The van der Waals surface area contributed by atoms with Gasteiger partial charge in [0, 0.05) is 6.04 Å². The lowest BCUT2D eigenvalue weighted by molar-refractivity contribution is 0.242. The summed E-state index contributed by atoms with van der Waals surface area (Å²) in [5.41, 5.74) is 6.86. The van der Waals surface area contributed by atoms with Crippen molar-refractivity contribution in [3.63, 3.8) is 0 Å². The number of rotatable bonds is 1. The highest BCUT2D eigenvalue weighted by Crippen LogP contribution is 2.43. The minimum absolute atomic E-state index is 0.267. The minimum atomic E-state index is 0.267. The van der Waals surface area contributed by atoms with E-state index in [1.807, 2.05) is 0 Å². The van der Waals surface area contributed by atoms with Crippen LogP contribution in [0.4, 0.5) is 0 Å². The molecule has 20 heavy (non-hydrogen) atoms. The van der Waals surface area contributed by atoms with Crippen molar-refractivity contribution in [2.75, 3.05) is 14.1 Å². The molecule has 2 unspecified atom stereocenters. The molecule has 2 aliphatic carbocycles. The van der Waals surface area contributed by atoms with E-state index < -0.39 is 0 Å². The molecule has 0 amide bonds. The van der Waals surface area contributed by atoms with Crippen LogP contribution in [-0.4, -0.2) is 25.0 Å². The van der Waals surface area contributed by atoms with Crippen molar-refractivity contribution >= 4 is 0 Å². The van der Waals surface area contributed by atoms with Crippen LogP contribution in [0, 0.1) is 0 Å². The summed E-state index contributed by atoms with van der Waals surface area (Å²) in [6, 6.07) is 5.77. The van der Waals surface area contributed by atoms with E-state index in [0.717, 1.165) is 12.0 Å². The van der Waals surface area contributed by atoms with Crippen molar-refractivity contribution in [3.8, 4) is 0 Å².